The Morgan fingerprint density at radius 1 is 1.56 bits per heavy atom. The summed E-state index contributed by atoms with van der Waals surface area (Å²) in [6.45, 7) is 1.44. The van der Waals surface area contributed by atoms with E-state index >= 15 is 0 Å². The number of nitro groups is 1. The molecule has 6 heteroatoms. The highest BCUT2D eigenvalue weighted by atomic mass is 19.1. The van der Waals surface area contributed by atoms with Crippen molar-refractivity contribution in [1.29, 1.82) is 0 Å². The van der Waals surface area contributed by atoms with Crippen LogP contribution in [0.4, 0.5) is 4.39 Å². The summed E-state index contributed by atoms with van der Waals surface area (Å²) in [5.74, 6) is -1.67. The van der Waals surface area contributed by atoms with E-state index in [9.17, 15) is 19.3 Å². The lowest BCUT2D eigenvalue weighted by Gasteiger charge is -2.12. The maximum absolute atomic E-state index is 13.1. The van der Waals surface area contributed by atoms with E-state index in [0.717, 1.165) is 0 Å². The molecular formula is C12H14FNO4. The van der Waals surface area contributed by atoms with Crippen molar-refractivity contribution in [2.24, 2.45) is 0 Å². The Morgan fingerprint density at radius 2 is 2.28 bits per heavy atom. The van der Waals surface area contributed by atoms with Crippen molar-refractivity contribution in [3.05, 3.63) is 45.8 Å². The van der Waals surface area contributed by atoms with Crippen LogP contribution in [0.2, 0.25) is 0 Å². The van der Waals surface area contributed by atoms with Gasteiger partial charge in [0.2, 0.25) is 6.54 Å². The predicted molar refractivity (Wildman–Crippen MR) is 62.3 cm³/mol. The number of rotatable bonds is 6. The van der Waals surface area contributed by atoms with E-state index in [4.69, 9.17) is 4.74 Å². The number of hydrogen-bond donors (Lipinski definition) is 0. The van der Waals surface area contributed by atoms with E-state index in [1.54, 1.807) is 13.0 Å². The van der Waals surface area contributed by atoms with Gasteiger partial charge >= 0.3 is 5.97 Å². The Morgan fingerprint density at radius 3 is 2.83 bits per heavy atom. The van der Waals surface area contributed by atoms with Crippen molar-refractivity contribution >= 4 is 5.97 Å². The predicted octanol–water partition coefficient (Wildman–Crippen LogP) is 2.14. The first-order valence-electron chi connectivity index (χ1n) is 5.55. The average Bonchev–Trinajstić information content (AvgIpc) is 2.28. The third-order valence-electron chi connectivity index (χ3n) is 2.41. The number of ether oxygens (including phenoxy) is 1. The van der Waals surface area contributed by atoms with Crippen molar-refractivity contribution in [2.45, 2.75) is 19.3 Å². The van der Waals surface area contributed by atoms with Gasteiger partial charge in [-0.3, -0.25) is 14.9 Å². The van der Waals surface area contributed by atoms with E-state index in [1.165, 1.54) is 18.2 Å². The van der Waals surface area contributed by atoms with Crippen molar-refractivity contribution in [1.82, 2.24) is 0 Å². The first-order chi connectivity index (χ1) is 8.52. The smallest absolute Gasteiger partial charge is 0.306 e. The summed E-state index contributed by atoms with van der Waals surface area (Å²) in [6, 6.07) is 5.48. The molecule has 0 spiro atoms. The van der Waals surface area contributed by atoms with Gasteiger partial charge in [-0.05, 0) is 24.6 Å². The molecule has 1 rings (SSSR count). The summed E-state index contributed by atoms with van der Waals surface area (Å²) in [5, 5.41) is 10.6. The third kappa shape index (κ3) is 4.48. The van der Waals surface area contributed by atoms with Crippen LogP contribution in [-0.2, 0) is 9.53 Å². The van der Waals surface area contributed by atoms with Crippen molar-refractivity contribution in [3.8, 4) is 0 Å². The summed E-state index contributed by atoms with van der Waals surface area (Å²) >= 11 is 0. The second kappa shape index (κ2) is 6.68. The minimum absolute atomic E-state index is 0.127. The second-order valence-corrected chi connectivity index (χ2v) is 3.78. The molecule has 1 aromatic rings. The SMILES string of the molecule is CCOC(=O)C[C@H](C[N+](=O)[O-])c1cccc(F)c1. The fourth-order valence-electron chi connectivity index (χ4n) is 1.65. The van der Waals surface area contributed by atoms with Crippen LogP contribution in [0, 0.1) is 15.9 Å². The fourth-order valence-corrected chi connectivity index (χ4v) is 1.65. The highest BCUT2D eigenvalue weighted by Gasteiger charge is 2.22. The standard InChI is InChI=1S/C12H14FNO4/c1-2-18-12(15)7-10(8-14(16)17)9-4-3-5-11(13)6-9/h3-6,10H,2,7-8H2,1H3/t10-/m1/s1. The third-order valence-corrected chi connectivity index (χ3v) is 2.41. The van der Waals surface area contributed by atoms with Gasteiger partial charge in [0.15, 0.2) is 0 Å². The zero-order valence-electron chi connectivity index (χ0n) is 9.97. The van der Waals surface area contributed by atoms with Gasteiger partial charge in [0.25, 0.3) is 0 Å². The van der Waals surface area contributed by atoms with Crippen LogP contribution in [0.1, 0.15) is 24.8 Å². The molecule has 0 heterocycles. The average molecular weight is 255 g/mol. The Hall–Kier alpha value is -1.98. The molecule has 0 aliphatic rings. The largest absolute Gasteiger partial charge is 0.466 e. The molecule has 1 aromatic carbocycles. The number of hydrogen-bond acceptors (Lipinski definition) is 4. The van der Waals surface area contributed by atoms with Crippen LogP contribution >= 0.6 is 0 Å². The zero-order chi connectivity index (χ0) is 13.5. The van der Waals surface area contributed by atoms with Gasteiger partial charge < -0.3 is 4.74 Å². The molecule has 0 radical (unpaired) electrons. The molecule has 0 saturated heterocycles. The molecule has 0 fully saturated rings. The molecule has 0 saturated carbocycles. The summed E-state index contributed by atoms with van der Waals surface area (Å²) in [7, 11) is 0. The van der Waals surface area contributed by atoms with Gasteiger partial charge in [-0.25, -0.2) is 4.39 Å². The molecule has 0 amide bonds. The molecule has 1 atom stereocenters. The monoisotopic (exact) mass is 255 g/mol. The number of carbonyl (C=O) groups is 1. The minimum Gasteiger partial charge on any atom is -0.466 e. The number of carbonyl (C=O) groups excluding carboxylic acids is 1. The van der Waals surface area contributed by atoms with Crippen LogP contribution in [-0.4, -0.2) is 24.0 Å². The van der Waals surface area contributed by atoms with Crippen LogP contribution < -0.4 is 0 Å². The number of nitrogens with zero attached hydrogens (tertiary/aromatic N) is 1. The van der Waals surface area contributed by atoms with E-state index in [-0.39, 0.29) is 13.0 Å². The van der Waals surface area contributed by atoms with Crippen molar-refractivity contribution in [3.63, 3.8) is 0 Å². The Labute approximate surface area is 104 Å². The lowest BCUT2D eigenvalue weighted by atomic mass is 9.96. The van der Waals surface area contributed by atoms with Gasteiger partial charge in [0.1, 0.15) is 5.82 Å². The van der Waals surface area contributed by atoms with Crippen LogP contribution in [0.15, 0.2) is 24.3 Å². The summed E-state index contributed by atoms with van der Waals surface area (Å²) in [6.07, 6.45) is -0.127. The molecule has 0 bridgehead atoms. The molecule has 0 aromatic heterocycles. The second-order valence-electron chi connectivity index (χ2n) is 3.78. The summed E-state index contributed by atoms with van der Waals surface area (Å²) in [5.41, 5.74) is 0.430. The maximum Gasteiger partial charge on any atom is 0.306 e. The lowest BCUT2D eigenvalue weighted by molar-refractivity contribution is -0.483. The molecule has 0 aliphatic heterocycles. The normalized spacial score (nSPS) is 11.9. The minimum atomic E-state index is -0.672. The highest BCUT2D eigenvalue weighted by Crippen LogP contribution is 2.21. The van der Waals surface area contributed by atoms with E-state index in [0.29, 0.717) is 5.56 Å². The molecule has 98 valence electrons. The molecular weight excluding hydrogens is 241 g/mol. The van der Waals surface area contributed by atoms with Crippen LogP contribution in [0.3, 0.4) is 0 Å². The van der Waals surface area contributed by atoms with E-state index in [2.05, 4.69) is 0 Å². The molecule has 0 unspecified atom stereocenters. The number of esters is 1. The van der Waals surface area contributed by atoms with Gasteiger partial charge in [-0.15, -0.1) is 0 Å². The topological polar surface area (TPSA) is 69.4 Å². The van der Waals surface area contributed by atoms with Crippen molar-refractivity contribution < 1.29 is 18.8 Å². The van der Waals surface area contributed by atoms with Crippen LogP contribution in [0.5, 0.6) is 0 Å². The zero-order valence-corrected chi connectivity index (χ0v) is 9.97. The molecule has 18 heavy (non-hydrogen) atoms. The molecule has 0 aliphatic carbocycles. The Kier molecular flexibility index (Phi) is 5.23. The van der Waals surface area contributed by atoms with Gasteiger partial charge in [0.05, 0.1) is 18.9 Å². The molecule has 0 N–H and O–H groups in total. The number of halogens is 1. The lowest BCUT2D eigenvalue weighted by Crippen LogP contribution is -2.18. The Bertz CT molecular complexity index is 436. The molecule has 5 nitrogen and oxygen atoms in total. The quantitative estimate of drug-likeness (QED) is 0.443. The summed E-state index contributed by atoms with van der Waals surface area (Å²) in [4.78, 5) is 21.4. The van der Waals surface area contributed by atoms with Gasteiger partial charge in [0, 0.05) is 4.92 Å². The first-order valence-corrected chi connectivity index (χ1v) is 5.55. The van der Waals surface area contributed by atoms with Crippen molar-refractivity contribution in [2.75, 3.05) is 13.2 Å². The maximum atomic E-state index is 13.1. The van der Waals surface area contributed by atoms with Crippen LogP contribution in [0.25, 0.3) is 0 Å². The fraction of sp³-hybridized carbons (Fsp3) is 0.417. The van der Waals surface area contributed by atoms with Gasteiger partial charge in [-0.2, -0.15) is 0 Å². The first kappa shape index (κ1) is 14.1. The highest BCUT2D eigenvalue weighted by molar-refractivity contribution is 5.70. The van der Waals surface area contributed by atoms with E-state index in [1.807, 2.05) is 0 Å². The number of benzene rings is 1. The Balaban J connectivity index is 2.84. The van der Waals surface area contributed by atoms with E-state index < -0.39 is 29.2 Å². The summed E-state index contributed by atoms with van der Waals surface area (Å²) < 4.78 is 17.8. The van der Waals surface area contributed by atoms with Gasteiger partial charge in [-0.1, -0.05) is 12.1 Å².